The van der Waals surface area contributed by atoms with Crippen LogP contribution in [0.2, 0.25) is 0 Å². The number of aryl methyl sites for hydroxylation is 2. The first-order chi connectivity index (χ1) is 15.2. The van der Waals surface area contributed by atoms with Gasteiger partial charge in [-0.05, 0) is 43.4 Å². The Bertz CT molecular complexity index is 1090. The third-order valence-electron chi connectivity index (χ3n) is 6.55. The van der Waals surface area contributed by atoms with Gasteiger partial charge in [0.15, 0.2) is 0 Å². The summed E-state index contributed by atoms with van der Waals surface area (Å²) in [4.78, 5) is 20.8. The molecule has 160 valence electrons. The fourth-order valence-corrected chi connectivity index (χ4v) is 4.88. The smallest absolute Gasteiger partial charge is 0.252 e. The lowest BCUT2D eigenvalue weighted by Crippen LogP contribution is -2.44. The number of amides is 1. The van der Waals surface area contributed by atoms with Crippen LogP contribution in [-0.2, 0) is 17.6 Å². The molecule has 1 aliphatic carbocycles. The van der Waals surface area contributed by atoms with Crippen molar-refractivity contribution in [2.45, 2.75) is 32.2 Å². The minimum atomic E-state index is 0.0159. The molecule has 1 aliphatic heterocycles. The largest absolute Gasteiger partial charge is 0.379 e. The van der Waals surface area contributed by atoms with Gasteiger partial charge in [-0.3, -0.25) is 14.7 Å². The van der Waals surface area contributed by atoms with Gasteiger partial charge < -0.3 is 10.1 Å². The highest BCUT2D eigenvalue weighted by molar-refractivity contribution is 6.07. The summed E-state index contributed by atoms with van der Waals surface area (Å²) in [5, 5.41) is 4.24. The molecule has 0 bridgehead atoms. The van der Waals surface area contributed by atoms with Crippen molar-refractivity contribution in [2.75, 3.05) is 32.8 Å². The molecule has 2 aliphatic rings. The molecule has 5 nitrogen and oxygen atoms in total. The summed E-state index contributed by atoms with van der Waals surface area (Å²) in [6.07, 6.45) is 2.96. The molecule has 1 unspecified atom stereocenters. The number of nitrogens with one attached hydrogen (secondary N) is 1. The van der Waals surface area contributed by atoms with Gasteiger partial charge in [-0.1, -0.05) is 48.0 Å². The summed E-state index contributed by atoms with van der Waals surface area (Å²) in [5.41, 5.74) is 6.44. The van der Waals surface area contributed by atoms with Crippen LogP contribution in [0.15, 0.2) is 48.5 Å². The van der Waals surface area contributed by atoms with E-state index in [1.54, 1.807) is 0 Å². The zero-order valence-corrected chi connectivity index (χ0v) is 18.1. The molecule has 1 saturated heterocycles. The summed E-state index contributed by atoms with van der Waals surface area (Å²) in [7, 11) is 0. The van der Waals surface area contributed by atoms with Crippen LogP contribution in [0.1, 0.15) is 45.2 Å². The molecule has 1 amide bonds. The summed E-state index contributed by atoms with van der Waals surface area (Å²) in [6.45, 7) is 5.90. The number of hydrogen-bond acceptors (Lipinski definition) is 4. The molecule has 31 heavy (non-hydrogen) atoms. The van der Waals surface area contributed by atoms with Crippen molar-refractivity contribution >= 4 is 16.8 Å². The minimum absolute atomic E-state index is 0.0159. The minimum Gasteiger partial charge on any atom is -0.379 e. The Kier molecular flexibility index (Phi) is 5.70. The van der Waals surface area contributed by atoms with Gasteiger partial charge in [0, 0.05) is 30.7 Å². The van der Waals surface area contributed by atoms with E-state index in [4.69, 9.17) is 9.72 Å². The second kappa shape index (κ2) is 8.77. The monoisotopic (exact) mass is 415 g/mol. The van der Waals surface area contributed by atoms with Crippen LogP contribution >= 0.6 is 0 Å². The van der Waals surface area contributed by atoms with Crippen LogP contribution in [0.25, 0.3) is 10.9 Å². The third kappa shape index (κ3) is 4.08. The first-order valence-corrected chi connectivity index (χ1v) is 11.3. The lowest BCUT2D eigenvalue weighted by molar-refractivity contribution is 0.0162. The number of fused-ring (bicyclic) bond motifs is 2. The molecule has 1 N–H and O–H groups in total. The van der Waals surface area contributed by atoms with E-state index in [1.165, 1.54) is 11.1 Å². The fraction of sp³-hybridized carbons (Fsp3) is 0.385. The van der Waals surface area contributed by atoms with Crippen molar-refractivity contribution < 1.29 is 9.53 Å². The molecule has 0 saturated carbocycles. The highest BCUT2D eigenvalue weighted by Crippen LogP contribution is 2.30. The number of carbonyl (C=O) groups excluding carboxylic acids is 1. The van der Waals surface area contributed by atoms with E-state index >= 15 is 0 Å². The Morgan fingerprint density at radius 1 is 1.10 bits per heavy atom. The first kappa shape index (κ1) is 20.2. The van der Waals surface area contributed by atoms with Gasteiger partial charge in [0.1, 0.15) is 0 Å². The van der Waals surface area contributed by atoms with E-state index in [-0.39, 0.29) is 11.9 Å². The number of hydrogen-bond donors (Lipinski definition) is 1. The number of benzene rings is 2. The molecular formula is C26H29N3O2. The van der Waals surface area contributed by atoms with Crippen molar-refractivity contribution in [2.24, 2.45) is 0 Å². The molecule has 5 heteroatoms. The number of para-hydroxylation sites is 1. The molecule has 1 aromatic heterocycles. The lowest BCUT2D eigenvalue weighted by atomic mass is 9.99. The summed E-state index contributed by atoms with van der Waals surface area (Å²) in [5.74, 6) is 0.0159. The molecule has 1 atom stereocenters. The zero-order chi connectivity index (χ0) is 21.2. The van der Waals surface area contributed by atoms with Crippen LogP contribution < -0.4 is 5.32 Å². The Hall–Kier alpha value is -2.76. The molecule has 3 aromatic rings. The number of carbonyl (C=O) groups is 1. The maximum absolute atomic E-state index is 13.5. The van der Waals surface area contributed by atoms with Crippen LogP contribution in [0.4, 0.5) is 0 Å². The topological polar surface area (TPSA) is 54.5 Å². The van der Waals surface area contributed by atoms with Crippen LogP contribution in [0, 0.1) is 6.92 Å². The highest BCUT2D eigenvalue weighted by Gasteiger charge is 2.26. The Morgan fingerprint density at radius 3 is 2.68 bits per heavy atom. The molecule has 2 aromatic carbocycles. The van der Waals surface area contributed by atoms with E-state index < -0.39 is 0 Å². The van der Waals surface area contributed by atoms with Crippen molar-refractivity contribution in [3.63, 3.8) is 0 Å². The van der Waals surface area contributed by atoms with E-state index in [9.17, 15) is 4.79 Å². The number of rotatable bonds is 5. The second-order valence-corrected chi connectivity index (χ2v) is 8.57. The van der Waals surface area contributed by atoms with E-state index in [1.807, 2.05) is 24.3 Å². The molecule has 0 spiro atoms. The zero-order valence-electron chi connectivity index (χ0n) is 18.1. The van der Waals surface area contributed by atoms with E-state index in [0.717, 1.165) is 73.3 Å². The van der Waals surface area contributed by atoms with Crippen LogP contribution in [-0.4, -0.2) is 48.6 Å². The Balaban J connectivity index is 1.43. The molecule has 0 radical (unpaired) electrons. The quantitative estimate of drug-likeness (QED) is 0.688. The molecular weight excluding hydrogens is 386 g/mol. The van der Waals surface area contributed by atoms with Gasteiger partial charge in [-0.25, -0.2) is 0 Å². The maximum Gasteiger partial charge on any atom is 0.252 e. The molecule has 5 rings (SSSR count). The van der Waals surface area contributed by atoms with Gasteiger partial charge in [-0.2, -0.15) is 0 Å². The predicted molar refractivity (Wildman–Crippen MR) is 122 cm³/mol. The summed E-state index contributed by atoms with van der Waals surface area (Å²) in [6, 6.07) is 16.8. The standard InChI is InChI=1S/C26H29N3O2/c1-18-9-11-19(12-10-18)24(29-13-15-31-16-14-29)17-27-26(30)25-20-5-2-3-7-22(20)28-23-8-4-6-21(23)25/h2-3,5,7,9-12,24H,4,6,8,13-17H2,1H3,(H,27,30). The number of pyridine rings is 1. The van der Waals surface area contributed by atoms with Crippen molar-refractivity contribution in [1.82, 2.24) is 15.2 Å². The van der Waals surface area contributed by atoms with E-state index in [2.05, 4.69) is 41.4 Å². The third-order valence-corrected chi connectivity index (χ3v) is 6.55. The summed E-state index contributed by atoms with van der Waals surface area (Å²) < 4.78 is 5.56. The Morgan fingerprint density at radius 2 is 1.87 bits per heavy atom. The predicted octanol–water partition coefficient (Wildman–Crippen LogP) is 3.84. The van der Waals surface area contributed by atoms with Crippen molar-refractivity contribution in [1.29, 1.82) is 0 Å². The van der Waals surface area contributed by atoms with Gasteiger partial charge in [0.05, 0.1) is 30.3 Å². The maximum atomic E-state index is 13.5. The number of nitrogens with zero attached hydrogens (tertiary/aromatic N) is 2. The lowest BCUT2D eigenvalue weighted by Gasteiger charge is -2.35. The van der Waals surface area contributed by atoms with E-state index in [0.29, 0.717) is 6.54 Å². The fourth-order valence-electron chi connectivity index (χ4n) is 4.88. The van der Waals surface area contributed by atoms with Crippen LogP contribution in [0.3, 0.4) is 0 Å². The molecule has 1 fully saturated rings. The van der Waals surface area contributed by atoms with Crippen LogP contribution in [0.5, 0.6) is 0 Å². The Labute approximate surface area is 183 Å². The second-order valence-electron chi connectivity index (χ2n) is 8.57. The van der Waals surface area contributed by atoms with Gasteiger partial charge in [0.2, 0.25) is 0 Å². The average molecular weight is 416 g/mol. The number of ether oxygens (including phenoxy) is 1. The average Bonchev–Trinajstić information content (AvgIpc) is 3.27. The molecule has 2 heterocycles. The number of morpholine rings is 1. The normalized spacial score (nSPS) is 17.5. The van der Waals surface area contributed by atoms with Gasteiger partial charge in [-0.15, -0.1) is 0 Å². The summed E-state index contributed by atoms with van der Waals surface area (Å²) >= 11 is 0. The SMILES string of the molecule is Cc1ccc(C(CNC(=O)c2c3c(nc4ccccc24)CCC3)N2CCOCC2)cc1. The van der Waals surface area contributed by atoms with Gasteiger partial charge in [0.25, 0.3) is 5.91 Å². The van der Waals surface area contributed by atoms with Crippen molar-refractivity contribution in [3.05, 3.63) is 76.5 Å². The first-order valence-electron chi connectivity index (χ1n) is 11.3. The van der Waals surface area contributed by atoms with Crippen molar-refractivity contribution in [3.8, 4) is 0 Å². The highest BCUT2D eigenvalue weighted by atomic mass is 16.5. The number of aromatic nitrogens is 1. The van der Waals surface area contributed by atoms with Gasteiger partial charge >= 0.3 is 0 Å².